The van der Waals surface area contributed by atoms with Crippen LogP contribution in [0.1, 0.15) is 42.3 Å². The number of thioether (sulfide) groups is 1. The molecule has 0 radical (unpaired) electrons. The van der Waals surface area contributed by atoms with E-state index >= 15 is 0 Å². The van der Waals surface area contributed by atoms with Gasteiger partial charge in [0.1, 0.15) is 0 Å². The van der Waals surface area contributed by atoms with Gasteiger partial charge in [-0.25, -0.2) is 0 Å². The minimum Gasteiger partial charge on any atom is -0.292 e. The summed E-state index contributed by atoms with van der Waals surface area (Å²) in [5.41, 5.74) is 0. The largest absolute Gasteiger partial charge is 0.292 e. The molecule has 1 aliphatic rings. The number of carbonyl (C=O) groups is 1. The van der Waals surface area contributed by atoms with E-state index in [0.717, 1.165) is 10.8 Å². The lowest BCUT2D eigenvalue weighted by Gasteiger charge is -2.25. The molecule has 1 fully saturated rings. The molecule has 0 bridgehead atoms. The Morgan fingerprint density at radius 2 is 2.35 bits per heavy atom. The summed E-state index contributed by atoms with van der Waals surface area (Å²) in [6, 6.07) is 3.63. The lowest BCUT2D eigenvalue weighted by molar-refractivity contribution is 0.102. The molecule has 2 rings (SSSR count). The van der Waals surface area contributed by atoms with E-state index in [9.17, 15) is 4.79 Å². The van der Waals surface area contributed by atoms with Crippen molar-refractivity contribution in [3.05, 3.63) is 21.3 Å². The number of hydrogen-bond donors (Lipinski definition) is 0. The maximum atomic E-state index is 11.9. The lowest BCUT2D eigenvalue weighted by Crippen LogP contribution is -2.17. The van der Waals surface area contributed by atoms with Crippen molar-refractivity contribution in [3.63, 3.8) is 0 Å². The third kappa shape index (κ3) is 4.01. The summed E-state index contributed by atoms with van der Waals surface area (Å²) in [5.74, 6) is 1.66. The van der Waals surface area contributed by atoms with Gasteiger partial charge >= 0.3 is 0 Å². The first-order chi connectivity index (χ1) is 8.15. The van der Waals surface area contributed by atoms with Gasteiger partial charge in [-0.2, -0.15) is 11.8 Å². The van der Waals surface area contributed by atoms with Crippen LogP contribution in [0.15, 0.2) is 12.1 Å². The third-order valence-electron chi connectivity index (χ3n) is 3.19. The van der Waals surface area contributed by atoms with Gasteiger partial charge in [0, 0.05) is 5.25 Å². The molecule has 1 nitrogen and oxygen atoms in total. The van der Waals surface area contributed by atoms with Crippen LogP contribution in [-0.2, 0) is 0 Å². The Bertz CT molecular complexity index is 389. The molecule has 2 unspecified atom stereocenters. The molecule has 2 atom stereocenters. The quantitative estimate of drug-likeness (QED) is 0.733. The molecular weight excluding hydrogens is 272 g/mol. The topological polar surface area (TPSA) is 17.1 Å². The number of hydrogen-bond acceptors (Lipinski definition) is 3. The van der Waals surface area contributed by atoms with Gasteiger partial charge in [-0.3, -0.25) is 4.79 Å². The van der Waals surface area contributed by atoms with Crippen LogP contribution in [0.2, 0.25) is 4.34 Å². The number of rotatable bonds is 4. The molecule has 0 amide bonds. The molecule has 1 saturated carbocycles. The fourth-order valence-electron chi connectivity index (χ4n) is 2.26. The number of Topliss-reactive ketones (excluding diaryl/α,β-unsaturated/α-hetero) is 1. The first kappa shape index (κ1) is 13.4. The highest BCUT2D eigenvalue weighted by molar-refractivity contribution is 8.00. The highest BCUT2D eigenvalue weighted by atomic mass is 35.5. The van der Waals surface area contributed by atoms with Crippen molar-refractivity contribution >= 4 is 40.5 Å². The van der Waals surface area contributed by atoms with Crippen molar-refractivity contribution in [2.45, 2.75) is 37.9 Å². The predicted molar refractivity (Wildman–Crippen MR) is 77.5 cm³/mol. The molecular formula is C13H17ClOS2. The molecule has 17 heavy (non-hydrogen) atoms. The number of thiophene rings is 1. The summed E-state index contributed by atoms with van der Waals surface area (Å²) < 4.78 is 0.699. The summed E-state index contributed by atoms with van der Waals surface area (Å²) in [5, 5.41) is 0.679. The maximum Gasteiger partial charge on any atom is 0.182 e. The van der Waals surface area contributed by atoms with Crippen LogP contribution in [0.25, 0.3) is 0 Å². The van der Waals surface area contributed by atoms with E-state index in [1.807, 2.05) is 17.8 Å². The molecule has 1 aliphatic carbocycles. The molecule has 1 aromatic rings. The summed E-state index contributed by atoms with van der Waals surface area (Å²) >= 11 is 9.04. The van der Waals surface area contributed by atoms with Crippen LogP contribution in [0.5, 0.6) is 0 Å². The van der Waals surface area contributed by atoms with Crippen molar-refractivity contribution < 1.29 is 4.79 Å². The fraction of sp³-hybridized carbons (Fsp3) is 0.615. The summed E-state index contributed by atoms with van der Waals surface area (Å²) in [6.07, 6.45) is 5.21. The molecule has 1 heterocycles. The minimum atomic E-state index is 0.227. The highest BCUT2D eigenvalue weighted by Crippen LogP contribution is 2.32. The van der Waals surface area contributed by atoms with Gasteiger partial charge in [0.2, 0.25) is 0 Å². The van der Waals surface area contributed by atoms with Gasteiger partial charge in [0.05, 0.1) is 15.0 Å². The molecule has 0 spiro atoms. The van der Waals surface area contributed by atoms with Gasteiger partial charge in [-0.05, 0) is 30.9 Å². The van der Waals surface area contributed by atoms with Crippen LogP contribution in [-0.4, -0.2) is 16.8 Å². The zero-order valence-corrected chi connectivity index (χ0v) is 12.3. The van der Waals surface area contributed by atoms with E-state index < -0.39 is 0 Å². The molecule has 1 aromatic heterocycles. The highest BCUT2D eigenvalue weighted by Gasteiger charge is 2.20. The second-order valence-electron chi connectivity index (χ2n) is 4.73. The lowest BCUT2D eigenvalue weighted by atomic mass is 9.91. The van der Waals surface area contributed by atoms with Crippen molar-refractivity contribution in [1.82, 2.24) is 0 Å². The first-order valence-electron chi connectivity index (χ1n) is 6.05. The average Bonchev–Trinajstić information content (AvgIpc) is 2.73. The summed E-state index contributed by atoms with van der Waals surface area (Å²) in [4.78, 5) is 12.7. The Balaban J connectivity index is 1.80. The number of carbonyl (C=O) groups excluding carboxylic acids is 1. The molecule has 0 N–H and O–H groups in total. The number of ketones is 1. The Labute approximate surface area is 116 Å². The normalized spacial score (nSPS) is 24.8. The second-order valence-corrected chi connectivity index (χ2v) is 7.74. The number of halogens is 1. The van der Waals surface area contributed by atoms with Gasteiger partial charge in [0.15, 0.2) is 5.78 Å². The van der Waals surface area contributed by atoms with Gasteiger partial charge in [-0.15, -0.1) is 11.3 Å². The van der Waals surface area contributed by atoms with Gasteiger partial charge in [0.25, 0.3) is 0 Å². The second kappa shape index (κ2) is 6.26. The standard InChI is InChI=1S/C13H17ClOS2/c1-9-3-2-4-10(7-9)16-8-11(15)12-5-6-13(14)17-12/h5-6,9-10H,2-4,7-8H2,1H3. The van der Waals surface area contributed by atoms with Crippen LogP contribution < -0.4 is 0 Å². The van der Waals surface area contributed by atoms with Crippen molar-refractivity contribution in [2.75, 3.05) is 5.75 Å². The Morgan fingerprint density at radius 3 is 3.00 bits per heavy atom. The predicted octanol–water partition coefficient (Wildman–Crippen LogP) is 4.90. The first-order valence-corrected chi connectivity index (χ1v) is 8.29. The molecule has 94 valence electrons. The average molecular weight is 289 g/mol. The molecule has 4 heteroatoms. The Morgan fingerprint density at radius 1 is 1.53 bits per heavy atom. The zero-order chi connectivity index (χ0) is 12.3. The van der Waals surface area contributed by atoms with Crippen LogP contribution in [0, 0.1) is 5.92 Å². The van der Waals surface area contributed by atoms with Crippen molar-refractivity contribution in [2.24, 2.45) is 5.92 Å². The molecule has 0 aliphatic heterocycles. The van der Waals surface area contributed by atoms with E-state index in [2.05, 4.69) is 6.92 Å². The van der Waals surface area contributed by atoms with E-state index in [-0.39, 0.29) is 5.78 Å². The van der Waals surface area contributed by atoms with E-state index in [1.165, 1.54) is 37.0 Å². The van der Waals surface area contributed by atoms with Crippen LogP contribution in [0.4, 0.5) is 0 Å². The smallest absolute Gasteiger partial charge is 0.182 e. The Kier molecular flexibility index (Phi) is 4.95. The van der Waals surface area contributed by atoms with Crippen molar-refractivity contribution in [1.29, 1.82) is 0 Å². The van der Waals surface area contributed by atoms with Gasteiger partial charge < -0.3 is 0 Å². The third-order valence-corrected chi connectivity index (χ3v) is 5.79. The van der Waals surface area contributed by atoms with Crippen LogP contribution in [0.3, 0.4) is 0 Å². The molecule has 0 aromatic carbocycles. The van der Waals surface area contributed by atoms with E-state index in [1.54, 1.807) is 6.07 Å². The Hall–Kier alpha value is 0.01000. The van der Waals surface area contributed by atoms with E-state index in [4.69, 9.17) is 11.6 Å². The maximum absolute atomic E-state index is 11.9. The van der Waals surface area contributed by atoms with E-state index in [0.29, 0.717) is 15.3 Å². The van der Waals surface area contributed by atoms with Crippen LogP contribution >= 0.6 is 34.7 Å². The zero-order valence-electron chi connectivity index (χ0n) is 9.95. The summed E-state index contributed by atoms with van der Waals surface area (Å²) in [7, 11) is 0. The molecule has 0 saturated heterocycles. The fourth-order valence-corrected chi connectivity index (χ4v) is 4.67. The SMILES string of the molecule is CC1CCCC(SCC(=O)c2ccc(Cl)s2)C1. The summed E-state index contributed by atoms with van der Waals surface area (Å²) in [6.45, 7) is 2.31. The van der Waals surface area contributed by atoms with Crippen molar-refractivity contribution in [3.8, 4) is 0 Å². The monoisotopic (exact) mass is 288 g/mol. The minimum absolute atomic E-state index is 0.227. The van der Waals surface area contributed by atoms with Gasteiger partial charge in [-0.1, -0.05) is 31.4 Å².